The quantitative estimate of drug-likeness (QED) is 0.627. The lowest BCUT2D eigenvalue weighted by Gasteiger charge is -2.09. The molecule has 1 aromatic carbocycles. The zero-order valence-corrected chi connectivity index (χ0v) is 12.0. The van der Waals surface area contributed by atoms with E-state index >= 15 is 0 Å². The van der Waals surface area contributed by atoms with Crippen LogP contribution in [0.25, 0.3) is 0 Å². The second-order valence-corrected chi connectivity index (χ2v) is 6.34. The van der Waals surface area contributed by atoms with Gasteiger partial charge in [0.25, 0.3) is 0 Å². The maximum Gasteiger partial charge on any atom is 0.0542 e. The first-order valence-electron chi connectivity index (χ1n) is 6.07. The molecular formula is C13H17Cl2NS. The van der Waals surface area contributed by atoms with Crippen molar-refractivity contribution in [2.75, 3.05) is 12.3 Å². The van der Waals surface area contributed by atoms with E-state index in [0.717, 1.165) is 26.7 Å². The molecule has 0 spiro atoms. The SMILES string of the molecule is Clc1ccc(Cl)c(SCCCC2CCCN2)c1. The zero-order chi connectivity index (χ0) is 12.1. The van der Waals surface area contributed by atoms with Crippen LogP contribution in [0.2, 0.25) is 10.0 Å². The lowest BCUT2D eigenvalue weighted by atomic mass is 10.1. The van der Waals surface area contributed by atoms with Gasteiger partial charge >= 0.3 is 0 Å². The first-order valence-corrected chi connectivity index (χ1v) is 7.81. The van der Waals surface area contributed by atoms with Gasteiger partial charge in [0.05, 0.1) is 5.02 Å². The van der Waals surface area contributed by atoms with Crippen molar-refractivity contribution in [1.82, 2.24) is 5.32 Å². The third kappa shape index (κ3) is 4.36. The van der Waals surface area contributed by atoms with Crippen molar-refractivity contribution in [3.8, 4) is 0 Å². The van der Waals surface area contributed by atoms with E-state index in [9.17, 15) is 0 Å². The topological polar surface area (TPSA) is 12.0 Å². The number of halogens is 2. The molecule has 1 fully saturated rings. The van der Waals surface area contributed by atoms with Gasteiger partial charge in [-0.3, -0.25) is 0 Å². The smallest absolute Gasteiger partial charge is 0.0542 e. The van der Waals surface area contributed by atoms with E-state index < -0.39 is 0 Å². The Morgan fingerprint density at radius 2 is 2.24 bits per heavy atom. The summed E-state index contributed by atoms with van der Waals surface area (Å²) in [5, 5.41) is 5.08. The van der Waals surface area contributed by atoms with Crippen molar-refractivity contribution in [3.05, 3.63) is 28.2 Å². The highest BCUT2D eigenvalue weighted by Crippen LogP contribution is 2.30. The third-order valence-electron chi connectivity index (χ3n) is 3.01. The van der Waals surface area contributed by atoms with E-state index in [4.69, 9.17) is 23.2 Å². The van der Waals surface area contributed by atoms with Gasteiger partial charge in [-0.25, -0.2) is 0 Å². The Hall–Kier alpha value is 0.110. The minimum Gasteiger partial charge on any atom is -0.314 e. The van der Waals surface area contributed by atoms with Gasteiger partial charge in [-0.2, -0.15) is 0 Å². The summed E-state index contributed by atoms with van der Waals surface area (Å²) in [6, 6.07) is 6.38. The monoisotopic (exact) mass is 289 g/mol. The second-order valence-electron chi connectivity index (χ2n) is 4.36. The van der Waals surface area contributed by atoms with Crippen LogP contribution in [0.3, 0.4) is 0 Å². The van der Waals surface area contributed by atoms with Crippen molar-refractivity contribution in [1.29, 1.82) is 0 Å². The molecule has 1 aromatic rings. The van der Waals surface area contributed by atoms with Crippen LogP contribution in [0.1, 0.15) is 25.7 Å². The number of thioether (sulfide) groups is 1. The standard InChI is InChI=1S/C13H17Cl2NS/c14-10-5-6-12(15)13(9-10)17-8-2-4-11-3-1-7-16-11/h5-6,9,11,16H,1-4,7-8H2. The van der Waals surface area contributed by atoms with E-state index in [1.807, 2.05) is 18.2 Å². The molecule has 0 saturated carbocycles. The van der Waals surface area contributed by atoms with E-state index in [2.05, 4.69) is 5.32 Å². The maximum absolute atomic E-state index is 6.11. The summed E-state index contributed by atoms with van der Waals surface area (Å²) in [6.45, 7) is 1.19. The number of nitrogens with one attached hydrogen (secondary N) is 1. The van der Waals surface area contributed by atoms with Gasteiger partial charge in [0.1, 0.15) is 0 Å². The molecule has 0 bridgehead atoms. The fraction of sp³-hybridized carbons (Fsp3) is 0.538. The molecule has 17 heavy (non-hydrogen) atoms. The van der Waals surface area contributed by atoms with Crippen molar-refractivity contribution in [2.45, 2.75) is 36.6 Å². The molecule has 94 valence electrons. The molecule has 1 N–H and O–H groups in total. The molecular weight excluding hydrogens is 273 g/mol. The molecule has 0 amide bonds. The van der Waals surface area contributed by atoms with Gasteiger partial charge in [0.2, 0.25) is 0 Å². The minimum atomic E-state index is 0.741. The van der Waals surface area contributed by atoms with Crippen LogP contribution in [0.15, 0.2) is 23.1 Å². The minimum absolute atomic E-state index is 0.741. The zero-order valence-electron chi connectivity index (χ0n) is 9.72. The normalized spacial score (nSPS) is 19.8. The average molecular weight is 290 g/mol. The fourth-order valence-electron chi connectivity index (χ4n) is 2.10. The Bertz CT molecular complexity index is 364. The second kappa shape index (κ2) is 6.89. The Balaban J connectivity index is 1.72. The van der Waals surface area contributed by atoms with E-state index in [1.54, 1.807) is 11.8 Å². The van der Waals surface area contributed by atoms with E-state index in [0.29, 0.717) is 0 Å². The number of rotatable bonds is 5. The molecule has 0 aliphatic carbocycles. The van der Waals surface area contributed by atoms with Crippen molar-refractivity contribution in [3.63, 3.8) is 0 Å². The summed E-state index contributed by atoms with van der Waals surface area (Å²) < 4.78 is 0. The van der Waals surface area contributed by atoms with Crippen LogP contribution in [-0.4, -0.2) is 18.3 Å². The highest BCUT2D eigenvalue weighted by atomic mass is 35.5. The molecule has 1 heterocycles. The third-order valence-corrected chi connectivity index (χ3v) is 4.83. The lowest BCUT2D eigenvalue weighted by Crippen LogP contribution is -2.20. The molecule has 0 aromatic heterocycles. The molecule has 1 aliphatic heterocycles. The maximum atomic E-state index is 6.11. The highest BCUT2D eigenvalue weighted by molar-refractivity contribution is 7.99. The van der Waals surface area contributed by atoms with Crippen LogP contribution in [0.4, 0.5) is 0 Å². The largest absolute Gasteiger partial charge is 0.314 e. The fourth-order valence-corrected chi connectivity index (χ4v) is 3.57. The summed E-state index contributed by atoms with van der Waals surface area (Å²) in [5.41, 5.74) is 0. The van der Waals surface area contributed by atoms with Crippen molar-refractivity contribution in [2.24, 2.45) is 0 Å². The first-order chi connectivity index (χ1) is 8.25. The van der Waals surface area contributed by atoms with Crippen molar-refractivity contribution >= 4 is 35.0 Å². The van der Waals surface area contributed by atoms with Gasteiger partial charge in [0, 0.05) is 16.0 Å². The van der Waals surface area contributed by atoms with E-state index in [-0.39, 0.29) is 0 Å². The van der Waals surface area contributed by atoms with Crippen LogP contribution in [0.5, 0.6) is 0 Å². The van der Waals surface area contributed by atoms with Gasteiger partial charge in [-0.1, -0.05) is 23.2 Å². The van der Waals surface area contributed by atoms with Crippen LogP contribution in [0, 0.1) is 0 Å². The van der Waals surface area contributed by atoms with Gasteiger partial charge < -0.3 is 5.32 Å². The number of hydrogen-bond donors (Lipinski definition) is 1. The molecule has 1 atom stereocenters. The predicted octanol–water partition coefficient (Wildman–Crippen LogP) is 4.62. The Morgan fingerprint density at radius 3 is 3.00 bits per heavy atom. The summed E-state index contributed by atoms with van der Waals surface area (Å²) in [5.74, 6) is 1.11. The van der Waals surface area contributed by atoms with Crippen molar-refractivity contribution < 1.29 is 0 Å². The molecule has 1 aliphatic rings. The van der Waals surface area contributed by atoms with Gasteiger partial charge in [-0.15, -0.1) is 11.8 Å². The van der Waals surface area contributed by atoms with Crippen LogP contribution >= 0.6 is 35.0 Å². The van der Waals surface area contributed by atoms with Gasteiger partial charge in [-0.05, 0) is 56.2 Å². The summed E-state index contributed by atoms with van der Waals surface area (Å²) in [4.78, 5) is 1.10. The molecule has 1 unspecified atom stereocenters. The Labute approximate surface area is 117 Å². The summed E-state index contributed by atoms with van der Waals surface area (Å²) in [6.07, 6.45) is 5.16. The molecule has 1 nitrogen and oxygen atoms in total. The number of hydrogen-bond acceptors (Lipinski definition) is 2. The highest BCUT2D eigenvalue weighted by Gasteiger charge is 2.13. The molecule has 0 radical (unpaired) electrons. The molecule has 2 rings (SSSR count). The van der Waals surface area contributed by atoms with Crippen LogP contribution < -0.4 is 5.32 Å². The summed E-state index contributed by atoms with van der Waals surface area (Å²) >= 11 is 13.9. The lowest BCUT2D eigenvalue weighted by molar-refractivity contribution is 0.553. The average Bonchev–Trinajstić information content (AvgIpc) is 2.82. The Morgan fingerprint density at radius 1 is 1.35 bits per heavy atom. The summed E-state index contributed by atoms with van der Waals surface area (Å²) in [7, 11) is 0. The van der Waals surface area contributed by atoms with E-state index in [1.165, 1.54) is 32.2 Å². The van der Waals surface area contributed by atoms with Gasteiger partial charge in [0.15, 0.2) is 0 Å². The molecule has 4 heteroatoms. The Kier molecular flexibility index (Phi) is 5.49. The molecule has 1 saturated heterocycles. The van der Waals surface area contributed by atoms with Crippen LogP contribution in [-0.2, 0) is 0 Å². The first kappa shape index (κ1) is 13.5. The number of benzene rings is 1. The predicted molar refractivity (Wildman–Crippen MR) is 77.4 cm³/mol.